The van der Waals surface area contributed by atoms with Crippen LogP contribution in [0.3, 0.4) is 0 Å². The molecule has 6 fully saturated rings. The summed E-state index contributed by atoms with van der Waals surface area (Å²) >= 11 is 0. The van der Waals surface area contributed by atoms with Crippen LogP contribution < -0.4 is 0 Å². The molecule has 0 bridgehead atoms. The second-order valence-corrected chi connectivity index (χ2v) is 28.5. The molecule has 7 aliphatic rings. The Hall–Kier alpha value is -5.87. The number of carbonyl (C=O) groups excluding carboxylic acids is 1. The Morgan fingerprint density at radius 1 is 0.484 bits per heavy atom. The van der Waals surface area contributed by atoms with Crippen LogP contribution in [-0.2, 0) is 96.5 Å². The lowest BCUT2D eigenvalue weighted by molar-refractivity contribution is -0.384. The van der Waals surface area contributed by atoms with Crippen LogP contribution in [0.15, 0.2) is 194 Å². The molecule has 12 heteroatoms. The summed E-state index contributed by atoms with van der Waals surface area (Å²) in [4.78, 5) is 12.9. The van der Waals surface area contributed by atoms with E-state index in [-0.39, 0.29) is 61.4 Å². The van der Waals surface area contributed by atoms with Gasteiger partial charge in [-0.25, -0.2) is 0 Å². The summed E-state index contributed by atoms with van der Waals surface area (Å²) < 4.78 is 79.0. The summed E-state index contributed by atoms with van der Waals surface area (Å²) in [5.41, 5.74) is 7.89. The fourth-order valence-electron chi connectivity index (χ4n) is 17.5. The normalized spacial score (nSPS) is 34.5. The van der Waals surface area contributed by atoms with Gasteiger partial charge in [-0.3, -0.25) is 4.79 Å². The van der Waals surface area contributed by atoms with Gasteiger partial charge in [0.1, 0.15) is 48.8 Å². The Balaban J connectivity index is 0.839. The van der Waals surface area contributed by atoms with Crippen molar-refractivity contribution in [1.82, 2.24) is 0 Å². The van der Waals surface area contributed by atoms with E-state index in [2.05, 4.69) is 99.6 Å². The monoisotopic (exact) mass is 1260 g/mol. The fourth-order valence-corrected chi connectivity index (χ4v) is 17.5. The van der Waals surface area contributed by atoms with Crippen LogP contribution in [0.2, 0.25) is 0 Å². The van der Waals surface area contributed by atoms with E-state index < -0.39 is 61.4 Å². The van der Waals surface area contributed by atoms with Crippen LogP contribution in [-0.4, -0.2) is 86.2 Å². The number of allylic oxidation sites excluding steroid dienone is 1. The van der Waals surface area contributed by atoms with E-state index in [1.54, 1.807) is 0 Å². The van der Waals surface area contributed by atoms with Crippen LogP contribution in [0, 0.1) is 46.3 Å². The van der Waals surface area contributed by atoms with E-state index in [4.69, 9.17) is 52.1 Å². The zero-order valence-corrected chi connectivity index (χ0v) is 55.2. The predicted octanol–water partition coefficient (Wildman–Crippen LogP) is 15.9. The van der Waals surface area contributed by atoms with Gasteiger partial charge in [0.15, 0.2) is 12.6 Å². The minimum Gasteiger partial charge on any atom is -0.462 e. The molecule has 494 valence electrons. The van der Waals surface area contributed by atoms with Gasteiger partial charge in [0, 0.05) is 0 Å². The van der Waals surface area contributed by atoms with Gasteiger partial charge in [0.2, 0.25) is 0 Å². The molecule has 4 aliphatic carbocycles. The second-order valence-electron chi connectivity index (χ2n) is 28.5. The van der Waals surface area contributed by atoms with Gasteiger partial charge in [-0.05, 0) is 145 Å². The average molecular weight is 1260 g/mol. The van der Waals surface area contributed by atoms with Gasteiger partial charge < -0.3 is 52.1 Å². The molecular weight excluding hydrogens is 1160 g/mol. The summed E-state index contributed by atoms with van der Waals surface area (Å²) in [5.74, 6) is 2.74. The second kappa shape index (κ2) is 30.5. The van der Waals surface area contributed by atoms with Crippen LogP contribution >= 0.6 is 0 Å². The topological polar surface area (TPSA) is 119 Å². The van der Waals surface area contributed by atoms with Crippen molar-refractivity contribution < 1.29 is 56.9 Å². The standard InChI is InChI=1S/C81H98O12/c1-54-36-41-69(91-77(54)82)55(2)66-39-40-67-65-38-37-63-46-64(42-44-80(63,4)68(65)43-45-81(66,67)5)90-79-76(74(87-51-61-32-20-10-21-33-61)72(85-49-59-28-16-8-17-29-59)70(92-79)53-83-47-57-24-12-6-13-25-57)93-78-75(88-52-62-34-22-11-23-35-62)73(86-50-60-30-18-9-19-31-60)71(56(3)89-78)84-48-58-26-14-7-15-27-58/h6-35,37,54-56,64-76,78-79H,36,38-53H2,1-5H3/t54?,55-,56-,64-,65-,66+,67-,68-,69+,70+,71-,72+,73+,74-,75+,76+,78-,79+,80-,81+/m0/s1. The molecular formula is C81H98O12. The maximum atomic E-state index is 12.9. The third kappa shape index (κ3) is 15.2. The number of rotatable bonds is 25. The molecule has 0 radical (unpaired) electrons. The molecule has 3 saturated carbocycles. The van der Waals surface area contributed by atoms with Gasteiger partial charge in [0.25, 0.3) is 0 Å². The van der Waals surface area contributed by atoms with Crippen molar-refractivity contribution in [2.24, 2.45) is 46.3 Å². The molecule has 3 saturated heterocycles. The van der Waals surface area contributed by atoms with E-state index in [0.717, 1.165) is 71.9 Å². The van der Waals surface area contributed by atoms with Crippen molar-refractivity contribution in [3.05, 3.63) is 227 Å². The van der Waals surface area contributed by atoms with Gasteiger partial charge in [0.05, 0.1) is 64.4 Å². The highest BCUT2D eigenvalue weighted by atomic mass is 16.8. The van der Waals surface area contributed by atoms with E-state index in [1.807, 2.05) is 123 Å². The number of cyclic esters (lactones) is 1. The Kier molecular flexibility index (Phi) is 21.5. The van der Waals surface area contributed by atoms with Gasteiger partial charge in [-0.2, -0.15) is 0 Å². The van der Waals surface area contributed by atoms with E-state index in [9.17, 15) is 4.79 Å². The molecule has 0 spiro atoms. The van der Waals surface area contributed by atoms with Crippen molar-refractivity contribution in [2.75, 3.05) is 6.61 Å². The van der Waals surface area contributed by atoms with E-state index in [1.165, 1.54) is 31.3 Å². The molecule has 0 aromatic heterocycles. The molecule has 20 atom stereocenters. The highest BCUT2D eigenvalue weighted by molar-refractivity contribution is 5.72. The minimum absolute atomic E-state index is 0.00242. The fraction of sp³-hybridized carbons (Fsp3) is 0.519. The lowest BCUT2D eigenvalue weighted by Gasteiger charge is -2.59. The molecule has 0 N–H and O–H groups in total. The van der Waals surface area contributed by atoms with Crippen LogP contribution in [0.1, 0.15) is 132 Å². The Morgan fingerprint density at radius 2 is 0.968 bits per heavy atom. The van der Waals surface area contributed by atoms with Crippen LogP contribution in [0.25, 0.3) is 0 Å². The maximum absolute atomic E-state index is 12.9. The number of hydrogen-bond donors (Lipinski definition) is 0. The largest absolute Gasteiger partial charge is 0.462 e. The SMILES string of the molecule is CC1CC[C@H]([C@@H](C)[C@H]2CC[C@H]3[C@@H]4CC=C5C[C@@H](O[C@@H]6O[C@H](COCc7ccccc7)[C@@H](OCc7ccccc7)[C@H](OCc7ccccc7)[C@H]6O[C@@H]6O[C@@H](C)[C@H](OCc7ccccc7)[C@@H](OCc7ccccc7)[C@H]6OCc6ccccc6)CC[C@]5(C)[C@H]4CC[C@]23C)OC1=O. The summed E-state index contributed by atoms with van der Waals surface area (Å²) in [6.45, 7) is 13.6. The zero-order valence-electron chi connectivity index (χ0n) is 55.2. The zero-order chi connectivity index (χ0) is 63.7. The average Bonchev–Trinajstić information content (AvgIpc) is 1.71. The quantitative estimate of drug-likeness (QED) is 0.0401. The first kappa shape index (κ1) is 65.8. The summed E-state index contributed by atoms with van der Waals surface area (Å²) in [6, 6.07) is 61.4. The van der Waals surface area contributed by atoms with Gasteiger partial charge in [-0.15, -0.1) is 0 Å². The number of esters is 1. The number of hydrogen-bond acceptors (Lipinski definition) is 12. The van der Waals surface area contributed by atoms with Gasteiger partial charge in [-0.1, -0.05) is 221 Å². The molecule has 13 rings (SSSR count). The number of ether oxygens (including phenoxy) is 11. The summed E-state index contributed by atoms with van der Waals surface area (Å²) in [7, 11) is 0. The first-order valence-electron chi connectivity index (χ1n) is 34.9. The predicted molar refractivity (Wildman–Crippen MR) is 357 cm³/mol. The Morgan fingerprint density at radius 3 is 1.51 bits per heavy atom. The van der Waals surface area contributed by atoms with E-state index >= 15 is 0 Å². The third-order valence-corrected chi connectivity index (χ3v) is 22.7. The molecule has 6 aromatic carbocycles. The summed E-state index contributed by atoms with van der Waals surface area (Å²) in [6.07, 6.45) is 5.30. The Labute approximate surface area is 552 Å². The van der Waals surface area contributed by atoms with Crippen molar-refractivity contribution in [3.63, 3.8) is 0 Å². The minimum atomic E-state index is -1.03. The van der Waals surface area contributed by atoms with Gasteiger partial charge >= 0.3 is 5.97 Å². The molecule has 3 aliphatic heterocycles. The smallest absolute Gasteiger partial charge is 0.308 e. The van der Waals surface area contributed by atoms with E-state index in [0.29, 0.717) is 49.4 Å². The van der Waals surface area contributed by atoms with Crippen LogP contribution in [0.4, 0.5) is 0 Å². The van der Waals surface area contributed by atoms with Crippen molar-refractivity contribution in [2.45, 2.75) is 212 Å². The van der Waals surface area contributed by atoms with Crippen molar-refractivity contribution in [3.8, 4) is 0 Å². The highest BCUT2D eigenvalue weighted by Gasteiger charge is 2.61. The highest BCUT2D eigenvalue weighted by Crippen LogP contribution is 2.68. The lowest BCUT2D eigenvalue weighted by atomic mass is 9.47. The molecule has 12 nitrogen and oxygen atoms in total. The first-order valence-corrected chi connectivity index (χ1v) is 34.9. The third-order valence-electron chi connectivity index (χ3n) is 22.7. The van der Waals surface area contributed by atoms with Crippen molar-refractivity contribution in [1.29, 1.82) is 0 Å². The molecule has 3 heterocycles. The lowest BCUT2D eigenvalue weighted by Crippen LogP contribution is -2.66. The number of carbonyl (C=O) groups is 1. The molecule has 6 aromatic rings. The summed E-state index contributed by atoms with van der Waals surface area (Å²) in [5, 5.41) is 0. The molecule has 1 unspecified atom stereocenters. The maximum Gasteiger partial charge on any atom is 0.308 e. The van der Waals surface area contributed by atoms with Crippen molar-refractivity contribution >= 4 is 5.97 Å². The molecule has 93 heavy (non-hydrogen) atoms. The first-order chi connectivity index (χ1) is 45.5. The molecule has 0 amide bonds. The Bertz CT molecular complexity index is 3300. The number of benzene rings is 6. The number of fused-ring (bicyclic) bond motifs is 5. The van der Waals surface area contributed by atoms with Crippen LogP contribution in [0.5, 0.6) is 0 Å².